The van der Waals surface area contributed by atoms with Gasteiger partial charge in [0.25, 0.3) is 0 Å². The minimum absolute atomic E-state index is 0.470. The Balaban J connectivity index is 1.33. The van der Waals surface area contributed by atoms with E-state index in [9.17, 15) is 0 Å². The van der Waals surface area contributed by atoms with Crippen LogP contribution in [-0.4, -0.2) is 66.7 Å². The fourth-order valence-corrected chi connectivity index (χ4v) is 4.79. The molecule has 0 amide bonds. The van der Waals surface area contributed by atoms with Gasteiger partial charge in [0.1, 0.15) is 5.82 Å². The van der Waals surface area contributed by atoms with Gasteiger partial charge in [0.2, 0.25) is 11.9 Å². The molecule has 2 N–H and O–H groups in total. The number of likely N-dealkylation sites (tertiary alicyclic amines) is 1. The van der Waals surface area contributed by atoms with Gasteiger partial charge in [0.05, 0.1) is 28.2 Å². The molecule has 0 spiro atoms. The van der Waals surface area contributed by atoms with Crippen molar-refractivity contribution in [2.75, 3.05) is 30.4 Å². The second-order valence-electron chi connectivity index (χ2n) is 7.76. The molecular formula is C19H20BrN9. The van der Waals surface area contributed by atoms with E-state index in [1.54, 1.807) is 10.7 Å². The van der Waals surface area contributed by atoms with Crippen LogP contribution in [0, 0.1) is 0 Å². The van der Waals surface area contributed by atoms with Crippen LogP contribution in [0.4, 0.5) is 11.9 Å². The molecule has 0 aliphatic carbocycles. The van der Waals surface area contributed by atoms with E-state index in [4.69, 9.17) is 9.97 Å². The fourth-order valence-electron chi connectivity index (χ4n) is 4.45. The third-order valence-corrected chi connectivity index (χ3v) is 6.50. The first-order valence-corrected chi connectivity index (χ1v) is 10.5. The number of hydrogen-bond acceptors (Lipinski definition) is 7. The van der Waals surface area contributed by atoms with Crippen molar-refractivity contribution in [1.82, 2.24) is 34.4 Å². The van der Waals surface area contributed by atoms with Gasteiger partial charge in [-0.3, -0.25) is 4.90 Å². The van der Waals surface area contributed by atoms with Crippen molar-refractivity contribution in [1.29, 1.82) is 0 Å². The van der Waals surface area contributed by atoms with Crippen molar-refractivity contribution >= 4 is 44.5 Å². The Bertz CT molecular complexity index is 1180. The number of aromatic nitrogens is 6. The lowest BCUT2D eigenvalue weighted by molar-refractivity contribution is 0.291. The minimum Gasteiger partial charge on any atom is -0.347 e. The lowest BCUT2D eigenvalue weighted by atomic mass is 10.2. The molecule has 29 heavy (non-hydrogen) atoms. The van der Waals surface area contributed by atoms with E-state index in [-0.39, 0.29) is 0 Å². The smallest absolute Gasteiger partial charge is 0.231 e. The first-order valence-electron chi connectivity index (χ1n) is 9.71. The van der Waals surface area contributed by atoms with E-state index in [2.05, 4.69) is 53.2 Å². The average molecular weight is 454 g/mol. The molecule has 148 valence electrons. The second kappa shape index (κ2) is 6.39. The molecule has 10 heteroatoms. The Kier molecular flexibility index (Phi) is 3.78. The molecule has 0 unspecified atom stereocenters. The van der Waals surface area contributed by atoms with Crippen molar-refractivity contribution in [3.8, 4) is 0 Å². The summed E-state index contributed by atoms with van der Waals surface area (Å²) in [5.41, 5.74) is 2.74. The van der Waals surface area contributed by atoms with Crippen LogP contribution in [-0.2, 0) is 6.54 Å². The van der Waals surface area contributed by atoms with Gasteiger partial charge < -0.3 is 15.2 Å². The quantitative estimate of drug-likeness (QED) is 0.489. The Hall–Kier alpha value is -2.72. The summed E-state index contributed by atoms with van der Waals surface area (Å²) >= 11 is 3.57. The van der Waals surface area contributed by atoms with E-state index in [1.807, 2.05) is 24.3 Å². The number of anilines is 2. The number of H-pyrrole nitrogens is 1. The lowest BCUT2D eigenvalue weighted by Gasteiger charge is -2.32. The van der Waals surface area contributed by atoms with Crippen LogP contribution in [0.2, 0.25) is 0 Å². The molecule has 6 rings (SSSR count). The van der Waals surface area contributed by atoms with E-state index in [1.165, 1.54) is 6.42 Å². The van der Waals surface area contributed by atoms with Crippen molar-refractivity contribution in [3.63, 3.8) is 0 Å². The highest BCUT2D eigenvalue weighted by atomic mass is 79.9. The van der Waals surface area contributed by atoms with E-state index >= 15 is 0 Å². The number of nitrogens with zero attached hydrogens (tertiary/aromatic N) is 7. The van der Waals surface area contributed by atoms with E-state index < -0.39 is 0 Å². The summed E-state index contributed by atoms with van der Waals surface area (Å²) in [5.74, 6) is 2.27. The maximum Gasteiger partial charge on any atom is 0.231 e. The highest BCUT2D eigenvalue weighted by Crippen LogP contribution is 2.33. The first-order chi connectivity index (χ1) is 14.2. The third kappa shape index (κ3) is 2.77. The zero-order valence-corrected chi connectivity index (χ0v) is 17.5. The first kappa shape index (κ1) is 17.2. The van der Waals surface area contributed by atoms with Crippen molar-refractivity contribution in [3.05, 3.63) is 40.8 Å². The molecule has 0 saturated carbocycles. The Morgan fingerprint density at radius 3 is 2.86 bits per heavy atom. The molecule has 5 heterocycles. The van der Waals surface area contributed by atoms with Gasteiger partial charge in [0, 0.05) is 25.2 Å². The summed E-state index contributed by atoms with van der Waals surface area (Å²) < 4.78 is 2.59. The average Bonchev–Trinajstić information content (AvgIpc) is 3.48. The van der Waals surface area contributed by atoms with Crippen LogP contribution in [0.1, 0.15) is 12.2 Å². The zero-order valence-electron chi connectivity index (χ0n) is 15.9. The number of fused-ring (bicyclic) bond motifs is 4. The topological polar surface area (TPSA) is 90.3 Å². The predicted molar refractivity (Wildman–Crippen MR) is 114 cm³/mol. The number of benzene rings is 1. The predicted octanol–water partition coefficient (Wildman–Crippen LogP) is 2.27. The Morgan fingerprint density at radius 2 is 2.07 bits per heavy atom. The van der Waals surface area contributed by atoms with Crippen LogP contribution in [0.3, 0.4) is 0 Å². The summed E-state index contributed by atoms with van der Waals surface area (Å²) in [5, 5.41) is 7.82. The molecule has 2 fully saturated rings. The summed E-state index contributed by atoms with van der Waals surface area (Å²) in [6, 6.07) is 9.07. The minimum atomic E-state index is 0.470. The fraction of sp³-hybridized carbons (Fsp3) is 0.368. The number of halogens is 1. The lowest BCUT2D eigenvalue weighted by Crippen LogP contribution is -2.45. The van der Waals surface area contributed by atoms with Crippen LogP contribution in [0.5, 0.6) is 0 Å². The highest BCUT2D eigenvalue weighted by molar-refractivity contribution is 9.10. The molecule has 2 saturated heterocycles. The van der Waals surface area contributed by atoms with Crippen molar-refractivity contribution < 1.29 is 0 Å². The number of aromatic amines is 1. The molecule has 2 bridgehead atoms. The largest absolute Gasteiger partial charge is 0.347 e. The van der Waals surface area contributed by atoms with Crippen molar-refractivity contribution in [2.24, 2.45) is 0 Å². The van der Waals surface area contributed by atoms with E-state index in [0.29, 0.717) is 24.6 Å². The highest BCUT2D eigenvalue weighted by Gasteiger charge is 2.42. The number of piperazine rings is 1. The molecule has 4 aromatic rings. The van der Waals surface area contributed by atoms with Gasteiger partial charge >= 0.3 is 0 Å². The summed E-state index contributed by atoms with van der Waals surface area (Å²) in [4.78, 5) is 22.4. The number of nitrogens with one attached hydrogen (secondary N) is 2. The SMILES string of the molecule is CN1C[C@H]2C[C@@H]1CN2c1nc(NCc2nc3ccccc3[nH]2)n2ncc(Br)c2n1. The monoisotopic (exact) mass is 453 g/mol. The normalized spacial score (nSPS) is 21.7. The number of imidazole rings is 1. The van der Waals surface area contributed by atoms with Gasteiger partial charge in [-0.1, -0.05) is 12.1 Å². The Labute approximate surface area is 175 Å². The molecule has 2 aliphatic heterocycles. The molecule has 1 aromatic carbocycles. The summed E-state index contributed by atoms with van der Waals surface area (Å²) in [7, 11) is 2.19. The van der Waals surface area contributed by atoms with Crippen LogP contribution in [0.15, 0.2) is 34.9 Å². The molecule has 3 aromatic heterocycles. The number of likely N-dealkylation sites (N-methyl/N-ethyl adjacent to an activating group) is 1. The van der Waals surface area contributed by atoms with Gasteiger partial charge in [-0.15, -0.1) is 0 Å². The molecular weight excluding hydrogens is 434 g/mol. The Morgan fingerprint density at radius 1 is 1.17 bits per heavy atom. The second-order valence-corrected chi connectivity index (χ2v) is 8.62. The van der Waals surface area contributed by atoms with Gasteiger partial charge in [-0.2, -0.15) is 19.6 Å². The maximum absolute atomic E-state index is 4.83. The molecule has 0 radical (unpaired) electrons. The number of hydrogen-bond donors (Lipinski definition) is 2. The third-order valence-electron chi connectivity index (χ3n) is 5.94. The van der Waals surface area contributed by atoms with Crippen LogP contribution >= 0.6 is 15.9 Å². The van der Waals surface area contributed by atoms with Gasteiger partial charge in [-0.05, 0) is 41.5 Å². The summed E-state index contributed by atoms with van der Waals surface area (Å²) in [6.45, 7) is 2.54. The maximum atomic E-state index is 4.83. The van der Waals surface area contributed by atoms with E-state index in [0.717, 1.165) is 46.0 Å². The summed E-state index contributed by atoms with van der Waals surface area (Å²) in [6.07, 6.45) is 2.93. The van der Waals surface area contributed by atoms with Crippen molar-refractivity contribution in [2.45, 2.75) is 25.0 Å². The molecule has 9 nitrogen and oxygen atoms in total. The van der Waals surface area contributed by atoms with Crippen LogP contribution < -0.4 is 10.2 Å². The molecule has 2 atom stereocenters. The number of rotatable bonds is 4. The van der Waals surface area contributed by atoms with Gasteiger partial charge in [-0.25, -0.2) is 4.98 Å². The number of para-hydroxylation sites is 2. The molecule has 2 aliphatic rings. The van der Waals surface area contributed by atoms with Crippen LogP contribution in [0.25, 0.3) is 16.7 Å². The van der Waals surface area contributed by atoms with Gasteiger partial charge in [0.15, 0.2) is 5.65 Å². The zero-order chi connectivity index (χ0) is 19.5. The standard InChI is InChI=1S/C19H20BrN9/c1-27-9-12-6-11(27)10-28(12)19-25-17-13(20)7-22-29(17)18(26-19)21-8-16-23-14-4-2-3-5-15(14)24-16/h2-5,7,11-12H,6,8-10H2,1H3,(H,23,24)(H,21,25,26)/t11-,12-/m1/s1.